The van der Waals surface area contributed by atoms with Crippen LogP contribution in [-0.4, -0.2) is 25.2 Å². The first-order valence-electron chi connectivity index (χ1n) is 6.52. The molecule has 0 bridgehead atoms. The molecule has 1 aromatic rings. The van der Waals surface area contributed by atoms with Gasteiger partial charge >= 0.3 is 0 Å². The van der Waals surface area contributed by atoms with Gasteiger partial charge in [-0.05, 0) is 63.0 Å². The summed E-state index contributed by atoms with van der Waals surface area (Å²) in [4.78, 5) is 0. The van der Waals surface area contributed by atoms with E-state index in [0.29, 0.717) is 0 Å². The molecule has 3 heteroatoms. The van der Waals surface area contributed by atoms with Crippen molar-refractivity contribution in [1.29, 1.82) is 0 Å². The third-order valence-corrected chi connectivity index (χ3v) is 3.81. The van der Waals surface area contributed by atoms with Crippen LogP contribution in [0.25, 0.3) is 0 Å². The second kappa shape index (κ2) is 4.22. The highest BCUT2D eigenvalue weighted by Crippen LogP contribution is 2.31. The van der Waals surface area contributed by atoms with E-state index in [9.17, 15) is 0 Å². The van der Waals surface area contributed by atoms with Gasteiger partial charge < -0.3 is 15.4 Å². The van der Waals surface area contributed by atoms with Gasteiger partial charge in [0, 0.05) is 12.2 Å². The highest BCUT2D eigenvalue weighted by atomic mass is 16.5. The predicted octanol–water partition coefficient (Wildman–Crippen LogP) is 2.18. The normalized spacial score (nSPS) is 21.7. The average molecular weight is 232 g/mol. The van der Waals surface area contributed by atoms with Crippen LogP contribution >= 0.6 is 0 Å². The van der Waals surface area contributed by atoms with Gasteiger partial charge in [-0.3, -0.25) is 0 Å². The van der Waals surface area contributed by atoms with E-state index in [1.54, 1.807) is 0 Å². The van der Waals surface area contributed by atoms with E-state index in [4.69, 9.17) is 4.74 Å². The lowest BCUT2D eigenvalue weighted by Gasteiger charge is -2.34. The van der Waals surface area contributed by atoms with Crippen molar-refractivity contribution in [3.8, 4) is 5.75 Å². The summed E-state index contributed by atoms with van der Waals surface area (Å²) in [5, 5.41) is 6.75. The summed E-state index contributed by atoms with van der Waals surface area (Å²) >= 11 is 0. The molecular weight excluding hydrogens is 212 g/mol. The maximum absolute atomic E-state index is 6.20. The first kappa shape index (κ1) is 10.9. The molecular formula is C14H20N2O. The molecule has 92 valence electrons. The molecule has 1 aromatic carbocycles. The maximum Gasteiger partial charge on any atom is 0.120 e. The number of ether oxygens (including phenoxy) is 1. The van der Waals surface area contributed by atoms with Crippen LogP contribution in [0.2, 0.25) is 0 Å². The van der Waals surface area contributed by atoms with Crippen LogP contribution in [0.1, 0.15) is 25.3 Å². The van der Waals surface area contributed by atoms with E-state index >= 15 is 0 Å². The number of piperidine rings is 1. The van der Waals surface area contributed by atoms with Gasteiger partial charge in [0.25, 0.3) is 0 Å². The molecule has 0 unspecified atom stereocenters. The zero-order valence-electron chi connectivity index (χ0n) is 10.4. The maximum atomic E-state index is 6.20. The van der Waals surface area contributed by atoms with Crippen LogP contribution in [0.5, 0.6) is 5.75 Å². The monoisotopic (exact) mass is 232 g/mol. The van der Waals surface area contributed by atoms with Gasteiger partial charge in [0.15, 0.2) is 0 Å². The Morgan fingerprint density at radius 1 is 1.18 bits per heavy atom. The lowest BCUT2D eigenvalue weighted by atomic mass is 9.94. The van der Waals surface area contributed by atoms with Gasteiger partial charge in [-0.15, -0.1) is 0 Å². The van der Waals surface area contributed by atoms with Crippen molar-refractivity contribution in [2.24, 2.45) is 0 Å². The van der Waals surface area contributed by atoms with Gasteiger partial charge in [-0.1, -0.05) is 0 Å². The first-order chi connectivity index (χ1) is 8.25. The minimum Gasteiger partial charge on any atom is -0.487 e. The van der Waals surface area contributed by atoms with Crippen molar-refractivity contribution in [2.75, 3.05) is 25.0 Å². The van der Waals surface area contributed by atoms with Crippen molar-refractivity contribution in [3.05, 3.63) is 23.8 Å². The van der Waals surface area contributed by atoms with E-state index < -0.39 is 0 Å². The van der Waals surface area contributed by atoms with Gasteiger partial charge in [-0.25, -0.2) is 0 Å². The second-order valence-electron chi connectivity index (χ2n) is 5.30. The van der Waals surface area contributed by atoms with Gasteiger partial charge in [0.2, 0.25) is 0 Å². The van der Waals surface area contributed by atoms with E-state index in [1.165, 1.54) is 11.3 Å². The van der Waals surface area contributed by atoms with Gasteiger partial charge in [0.05, 0.1) is 0 Å². The summed E-state index contributed by atoms with van der Waals surface area (Å²) in [5.74, 6) is 1.02. The van der Waals surface area contributed by atoms with Gasteiger partial charge in [0.1, 0.15) is 11.4 Å². The molecule has 2 N–H and O–H groups in total. The van der Waals surface area contributed by atoms with Crippen molar-refractivity contribution >= 4 is 5.69 Å². The fraction of sp³-hybridized carbons (Fsp3) is 0.571. The molecule has 0 spiro atoms. The summed E-state index contributed by atoms with van der Waals surface area (Å²) in [6, 6.07) is 6.43. The molecule has 1 fully saturated rings. The highest BCUT2D eigenvalue weighted by molar-refractivity contribution is 5.57. The van der Waals surface area contributed by atoms with Crippen LogP contribution in [-0.2, 0) is 6.42 Å². The number of fused-ring (bicyclic) bond motifs is 1. The van der Waals surface area contributed by atoms with E-state index in [0.717, 1.165) is 44.6 Å². The number of rotatable bonds is 2. The molecule has 1 saturated heterocycles. The summed E-state index contributed by atoms with van der Waals surface area (Å²) in [6.07, 6.45) is 3.29. The standard InChI is InChI=1S/C14H20N2O/c1-14(5-8-15-9-6-14)17-12-2-3-13-11(10-12)4-7-16-13/h2-3,10,15-16H,4-9H2,1H3. The van der Waals surface area contributed by atoms with Crippen molar-refractivity contribution in [1.82, 2.24) is 5.32 Å². The highest BCUT2D eigenvalue weighted by Gasteiger charge is 2.28. The van der Waals surface area contributed by atoms with Crippen LogP contribution in [0, 0.1) is 0 Å². The molecule has 0 aliphatic carbocycles. The SMILES string of the molecule is CC1(Oc2ccc3c(c2)CCN3)CCNCC1. The van der Waals surface area contributed by atoms with Gasteiger partial charge in [-0.2, -0.15) is 0 Å². The molecule has 0 radical (unpaired) electrons. The van der Waals surface area contributed by atoms with Crippen molar-refractivity contribution in [3.63, 3.8) is 0 Å². The minimum absolute atomic E-state index is 0.00548. The van der Waals surface area contributed by atoms with E-state index in [2.05, 4.69) is 35.8 Å². The molecule has 3 nitrogen and oxygen atoms in total. The number of benzene rings is 1. The Morgan fingerprint density at radius 3 is 2.82 bits per heavy atom. The van der Waals surface area contributed by atoms with Crippen molar-refractivity contribution < 1.29 is 4.74 Å². The van der Waals surface area contributed by atoms with Crippen LogP contribution in [0.3, 0.4) is 0 Å². The van der Waals surface area contributed by atoms with Crippen LogP contribution in [0.4, 0.5) is 5.69 Å². The Balaban J connectivity index is 1.76. The first-order valence-corrected chi connectivity index (χ1v) is 6.52. The topological polar surface area (TPSA) is 33.3 Å². The Labute approximate surface area is 103 Å². The average Bonchev–Trinajstić information content (AvgIpc) is 2.76. The second-order valence-corrected chi connectivity index (χ2v) is 5.30. The molecule has 0 atom stereocenters. The molecule has 0 saturated carbocycles. The fourth-order valence-corrected chi connectivity index (χ4v) is 2.69. The Morgan fingerprint density at radius 2 is 2.00 bits per heavy atom. The van der Waals surface area contributed by atoms with Crippen LogP contribution < -0.4 is 15.4 Å². The minimum atomic E-state index is 0.00548. The zero-order valence-corrected chi connectivity index (χ0v) is 10.4. The molecule has 2 heterocycles. The summed E-state index contributed by atoms with van der Waals surface area (Å²) in [5.41, 5.74) is 2.67. The Bertz CT molecular complexity index is 411. The molecule has 0 amide bonds. The van der Waals surface area contributed by atoms with Crippen LogP contribution in [0.15, 0.2) is 18.2 Å². The molecule has 2 aliphatic rings. The molecule has 2 aliphatic heterocycles. The third kappa shape index (κ3) is 2.25. The Hall–Kier alpha value is -1.22. The predicted molar refractivity (Wildman–Crippen MR) is 69.8 cm³/mol. The summed E-state index contributed by atoms with van der Waals surface area (Å²) < 4.78 is 6.20. The van der Waals surface area contributed by atoms with E-state index in [1.807, 2.05) is 0 Å². The lowest BCUT2D eigenvalue weighted by Crippen LogP contribution is -2.43. The molecule has 3 rings (SSSR count). The number of nitrogens with one attached hydrogen (secondary N) is 2. The lowest BCUT2D eigenvalue weighted by molar-refractivity contribution is 0.0556. The zero-order chi connectivity index (χ0) is 11.7. The molecule has 0 aromatic heterocycles. The smallest absolute Gasteiger partial charge is 0.120 e. The number of hydrogen-bond donors (Lipinski definition) is 2. The summed E-state index contributed by atoms with van der Waals surface area (Å²) in [6.45, 7) is 5.39. The number of anilines is 1. The largest absolute Gasteiger partial charge is 0.487 e. The third-order valence-electron chi connectivity index (χ3n) is 3.81. The number of hydrogen-bond acceptors (Lipinski definition) is 3. The Kier molecular flexibility index (Phi) is 2.71. The van der Waals surface area contributed by atoms with E-state index in [-0.39, 0.29) is 5.60 Å². The fourth-order valence-electron chi connectivity index (χ4n) is 2.69. The summed E-state index contributed by atoms with van der Waals surface area (Å²) in [7, 11) is 0. The quantitative estimate of drug-likeness (QED) is 0.820. The molecule has 17 heavy (non-hydrogen) atoms. The van der Waals surface area contributed by atoms with Crippen molar-refractivity contribution in [2.45, 2.75) is 31.8 Å².